The lowest BCUT2D eigenvalue weighted by Gasteiger charge is -2.12. The number of rotatable bonds is 10. The van der Waals surface area contributed by atoms with Gasteiger partial charge in [0.25, 0.3) is 0 Å². The van der Waals surface area contributed by atoms with Gasteiger partial charge in [-0.05, 0) is 73.0 Å². The number of oxime groups is 1. The van der Waals surface area contributed by atoms with Gasteiger partial charge in [-0.1, -0.05) is 41.0 Å². The summed E-state index contributed by atoms with van der Waals surface area (Å²) in [5, 5.41) is 4.90. The Morgan fingerprint density at radius 2 is 1.64 bits per heavy atom. The predicted octanol–water partition coefficient (Wildman–Crippen LogP) is 6.77. The van der Waals surface area contributed by atoms with Crippen LogP contribution in [0.5, 0.6) is 5.75 Å². The molecule has 0 aliphatic rings. The Labute approximate surface area is 212 Å². The predicted molar refractivity (Wildman–Crippen MR) is 131 cm³/mol. The third kappa shape index (κ3) is 8.02. The van der Waals surface area contributed by atoms with Crippen LogP contribution in [0.1, 0.15) is 34.7 Å². The van der Waals surface area contributed by atoms with Crippen molar-refractivity contribution in [3.05, 3.63) is 99.6 Å². The van der Waals surface area contributed by atoms with Gasteiger partial charge < -0.3 is 14.3 Å². The Bertz CT molecular complexity index is 1190. The van der Waals surface area contributed by atoms with E-state index >= 15 is 0 Å². The fourth-order valence-corrected chi connectivity index (χ4v) is 3.41. The summed E-state index contributed by atoms with van der Waals surface area (Å²) in [4.78, 5) is 17.1. The molecule has 36 heavy (non-hydrogen) atoms. The van der Waals surface area contributed by atoms with Gasteiger partial charge in [0.1, 0.15) is 12.4 Å². The zero-order valence-electron chi connectivity index (χ0n) is 19.8. The monoisotopic (exact) mass is 519 g/mol. The molecule has 0 heterocycles. The molecule has 5 nitrogen and oxygen atoms in total. The molecule has 0 saturated heterocycles. The first-order valence-corrected chi connectivity index (χ1v) is 11.5. The van der Waals surface area contributed by atoms with E-state index in [1.54, 1.807) is 31.2 Å². The topological polar surface area (TPSA) is 57.1 Å². The van der Waals surface area contributed by atoms with E-state index in [4.69, 9.17) is 25.9 Å². The maximum absolute atomic E-state index is 12.8. The molecule has 0 aliphatic heterocycles. The van der Waals surface area contributed by atoms with E-state index in [0.717, 1.165) is 28.8 Å². The number of carbonyl (C=O) groups excluding carboxylic acids is 1. The average molecular weight is 520 g/mol. The quantitative estimate of drug-likeness (QED) is 0.168. The fraction of sp³-hybridized carbons (Fsp3) is 0.259. The van der Waals surface area contributed by atoms with Gasteiger partial charge in [-0.2, -0.15) is 13.2 Å². The molecule has 0 amide bonds. The van der Waals surface area contributed by atoms with Crippen molar-refractivity contribution in [2.24, 2.45) is 5.16 Å². The molecule has 0 aromatic heterocycles. The minimum Gasteiger partial charge on any atom is -0.482 e. The van der Waals surface area contributed by atoms with Crippen molar-refractivity contribution < 1.29 is 32.3 Å². The molecule has 0 atom stereocenters. The van der Waals surface area contributed by atoms with E-state index in [1.165, 1.54) is 12.1 Å². The van der Waals surface area contributed by atoms with Gasteiger partial charge in [-0.25, -0.2) is 4.79 Å². The highest BCUT2D eigenvalue weighted by Gasteiger charge is 2.29. The third-order valence-electron chi connectivity index (χ3n) is 5.13. The highest BCUT2D eigenvalue weighted by Crippen LogP contribution is 2.29. The van der Waals surface area contributed by atoms with Crippen LogP contribution < -0.4 is 4.74 Å². The van der Waals surface area contributed by atoms with Crippen molar-refractivity contribution in [3.63, 3.8) is 0 Å². The van der Waals surface area contributed by atoms with Crippen molar-refractivity contribution in [1.82, 2.24) is 0 Å². The lowest BCUT2D eigenvalue weighted by atomic mass is 10.0. The lowest BCUT2D eigenvalue weighted by Crippen LogP contribution is -2.15. The van der Waals surface area contributed by atoms with E-state index in [2.05, 4.69) is 5.16 Å². The minimum absolute atomic E-state index is 0.00196. The summed E-state index contributed by atoms with van der Waals surface area (Å²) in [5.74, 6) is 0.0750. The van der Waals surface area contributed by atoms with Crippen molar-refractivity contribution in [1.29, 1.82) is 0 Å². The van der Waals surface area contributed by atoms with Gasteiger partial charge >= 0.3 is 12.1 Å². The molecule has 0 saturated carbocycles. The summed E-state index contributed by atoms with van der Waals surface area (Å²) in [5.41, 5.74) is 2.91. The number of alkyl halides is 3. The zero-order valence-corrected chi connectivity index (χ0v) is 20.5. The zero-order chi connectivity index (χ0) is 26.1. The van der Waals surface area contributed by atoms with Gasteiger partial charge in [-0.3, -0.25) is 0 Å². The molecule has 0 unspecified atom stereocenters. The van der Waals surface area contributed by atoms with Crippen LogP contribution in [0.25, 0.3) is 0 Å². The van der Waals surface area contributed by atoms with Crippen LogP contribution in [-0.2, 0) is 33.6 Å². The number of carbonyl (C=O) groups is 1. The van der Waals surface area contributed by atoms with Crippen molar-refractivity contribution >= 4 is 23.3 Å². The van der Waals surface area contributed by atoms with E-state index < -0.39 is 17.7 Å². The Morgan fingerprint density at radius 3 is 2.25 bits per heavy atom. The van der Waals surface area contributed by atoms with Gasteiger partial charge in [0.15, 0.2) is 6.61 Å². The minimum atomic E-state index is -4.40. The van der Waals surface area contributed by atoms with Crippen LogP contribution >= 0.6 is 11.6 Å². The van der Waals surface area contributed by atoms with E-state index in [1.807, 2.05) is 25.1 Å². The van der Waals surface area contributed by atoms with Gasteiger partial charge in [0, 0.05) is 17.0 Å². The highest BCUT2D eigenvalue weighted by atomic mass is 35.5. The molecule has 0 aliphatic carbocycles. The molecule has 0 fully saturated rings. The van der Waals surface area contributed by atoms with E-state index in [0.29, 0.717) is 28.5 Å². The molecule has 0 N–H and O–H groups in total. The number of aryl methyl sites for hydroxylation is 1. The standard InChI is InChI=1S/C27H25ClF3NO4/c1-3-34-26(33)17-35-25-13-8-21(14-18(25)2)24(15-19-6-11-23(28)12-7-19)32-36-16-20-4-9-22(10-5-20)27(29,30)31/h4-14H,3,15-17H2,1-2H3/b32-24+. The number of benzene rings is 3. The van der Waals surface area contributed by atoms with Gasteiger partial charge in [-0.15, -0.1) is 0 Å². The molecule has 0 bridgehead atoms. The van der Waals surface area contributed by atoms with Crippen molar-refractivity contribution in [2.45, 2.75) is 33.1 Å². The summed E-state index contributed by atoms with van der Waals surface area (Å²) >= 11 is 5.99. The fourth-order valence-electron chi connectivity index (χ4n) is 3.29. The molecular weight excluding hydrogens is 495 g/mol. The Balaban J connectivity index is 1.78. The molecule has 0 spiro atoms. The smallest absolute Gasteiger partial charge is 0.416 e. The third-order valence-corrected chi connectivity index (χ3v) is 5.38. The molecule has 9 heteroatoms. The van der Waals surface area contributed by atoms with E-state index in [-0.39, 0.29) is 19.8 Å². The van der Waals surface area contributed by atoms with Crippen LogP contribution in [0.15, 0.2) is 71.9 Å². The summed E-state index contributed by atoms with van der Waals surface area (Å²) in [6, 6.07) is 17.4. The summed E-state index contributed by atoms with van der Waals surface area (Å²) < 4.78 is 48.8. The van der Waals surface area contributed by atoms with Crippen LogP contribution in [-0.4, -0.2) is 24.9 Å². The second kappa shape index (κ2) is 12.4. The Hall–Kier alpha value is -3.52. The summed E-state index contributed by atoms with van der Waals surface area (Å²) in [7, 11) is 0. The first-order chi connectivity index (χ1) is 17.2. The molecule has 190 valence electrons. The van der Waals surface area contributed by atoms with Crippen molar-refractivity contribution in [3.8, 4) is 5.75 Å². The van der Waals surface area contributed by atoms with Crippen molar-refractivity contribution in [2.75, 3.05) is 13.2 Å². The van der Waals surface area contributed by atoms with Crippen LogP contribution in [0.3, 0.4) is 0 Å². The van der Waals surface area contributed by atoms with Gasteiger partial charge in [0.05, 0.1) is 17.9 Å². The average Bonchev–Trinajstić information content (AvgIpc) is 2.84. The largest absolute Gasteiger partial charge is 0.482 e. The lowest BCUT2D eigenvalue weighted by molar-refractivity contribution is -0.145. The number of hydrogen-bond donors (Lipinski definition) is 0. The number of ether oxygens (including phenoxy) is 2. The molecule has 3 aromatic rings. The maximum atomic E-state index is 12.8. The van der Waals surface area contributed by atoms with Crippen LogP contribution in [0.4, 0.5) is 13.2 Å². The molecule has 0 radical (unpaired) electrons. The summed E-state index contributed by atoms with van der Waals surface area (Å²) in [6.45, 7) is 3.64. The first kappa shape index (κ1) is 27.1. The van der Waals surface area contributed by atoms with Gasteiger partial charge in [0.2, 0.25) is 0 Å². The second-order valence-corrected chi connectivity index (χ2v) is 8.32. The SMILES string of the molecule is CCOC(=O)COc1ccc(/C(Cc2ccc(Cl)cc2)=N/OCc2ccc(C(F)(F)F)cc2)cc1C. The Kier molecular flexibility index (Phi) is 9.36. The Morgan fingerprint density at radius 1 is 0.972 bits per heavy atom. The molecule has 3 rings (SSSR count). The number of esters is 1. The van der Waals surface area contributed by atoms with Crippen LogP contribution in [0, 0.1) is 6.92 Å². The molecule has 3 aromatic carbocycles. The summed E-state index contributed by atoms with van der Waals surface area (Å²) in [6.07, 6.45) is -3.97. The highest BCUT2D eigenvalue weighted by molar-refractivity contribution is 6.30. The number of nitrogens with zero attached hydrogens (tertiary/aromatic N) is 1. The number of halogens is 4. The normalized spacial score (nSPS) is 11.8. The first-order valence-electron chi connectivity index (χ1n) is 11.1. The second-order valence-electron chi connectivity index (χ2n) is 7.88. The number of hydrogen-bond acceptors (Lipinski definition) is 5. The van der Waals surface area contributed by atoms with E-state index in [9.17, 15) is 18.0 Å². The molecular formula is C27H25ClF3NO4. The maximum Gasteiger partial charge on any atom is 0.416 e. The van der Waals surface area contributed by atoms with Crippen LogP contribution in [0.2, 0.25) is 5.02 Å².